The zero-order valence-electron chi connectivity index (χ0n) is 20.3. The third kappa shape index (κ3) is 6.62. The van der Waals surface area contributed by atoms with Crippen molar-refractivity contribution in [1.29, 1.82) is 0 Å². The maximum absolute atomic E-state index is 13.1. The second-order valence-corrected chi connectivity index (χ2v) is 9.88. The minimum absolute atomic E-state index is 0.0396. The Hall–Kier alpha value is -4.08. The van der Waals surface area contributed by atoms with Crippen LogP contribution in [-0.2, 0) is 29.7 Å². The number of esters is 3. The van der Waals surface area contributed by atoms with Crippen molar-refractivity contribution in [2.24, 2.45) is 0 Å². The molecule has 1 aliphatic heterocycles. The van der Waals surface area contributed by atoms with Crippen LogP contribution >= 0.6 is 0 Å². The highest BCUT2D eigenvalue weighted by molar-refractivity contribution is 7.85. The van der Waals surface area contributed by atoms with Gasteiger partial charge in [0.1, 0.15) is 0 Å². The quantitative estimate of drug-likeness (QED) is 0.231. The average Bonchev–Trinajstić information content (AvgIpc) is 2.96. The first-order valence-corrected chi connectivity index (χ1v) is 13.2. The Morgan fingerprint density at radius 3 is 1.61 bits per heavy atom. The summed E-state index contributed by atoms with van der Waals surface area (Å²) in [5.74, 6) is -2.11. The van der Waals surface area contributed by atoms with Gasteiger partial charge in [-0.05, 0) is 36.4 Å². The molecule has 0 N–H and O–H groups in total. The number of ether oxygens (including phenoxy) is 4. The van der Waals surface area contributed by atoms with E-state index in [4.69, 9.17) is 18.9 Å². The van der Waals surface area contributed by atoms with Crippen molar-refractivity contribution in [3.63, 3.8) is 0 Å². The predicted molar refractivity (Wildman–Crippen MR) is 140 cm³/mol. The van der Waals surface area contributed by atoms with E-state index in [0.29, 0.717) is 0 Å². The topological polar surface area (TPSA) is 105 Å². The molecule has 1 unspecified atom stereocenters. The van der Waals surface area contributed by atoms with E-state index in [-0.39, 0.29) is 29.1 Å². The Kier molecular flexibility index (Phi) is 9.18. The van der Waals surface area contributed by atoms with Crippen LogP contribution in [0, 0.1) is 0 Å². The number of hydrogen-bond acceptors (Lipinski definition) is 8. The van der Waals surface area contributed by atoms with Crippen molar-refractivity contribution < 1.29 is 37.5 Å². The van der Waals surface area contributed by atoms with Crippen molar-refractivity contribution in [1.82, 2.24) is 0 Å². The molecule has 1 fully saturated rings. The third-order valence-electron chi connectivity index (χ3n) is 5.70. The third-order valence-corrected chi connectivity index (χ3v) is 7.18. The maximum atomic E-state index is 13.1. The van der Waals surface area contributed by atoms with Crippen LogP contribution in [0.5, 0.6) is 0 Å². The van der Waals surface area contributed by atoms with E-state index in [1.165, 1.54) is 6.08 Å². The van der Waals surface area contributed by atoms with Gasteiger partial charge < -0.3 is 18.9 Å². The highest BCUT2D eigenvalue weighted by Crippen LogP contribution is 2.28. The van der Waals surface area contributed by atoms with Crippen molar-refractivity contribution >= 4 is 28.7 Å². The van der Waals surface area contributed by atoms with Gasteiger partial charge in [0, 0.05) is 5.75 Å². The van der Waals surface area contributed by atoms with Crippen molar-refractivity contribution in [3.8, 4) is 0 Å². The monoisotopic (exact) mass is 534 g/mol. The lowest BCUT2D eigenvalue weighted by Crippen LogP contribution is -2.59. The summed E-state index contributed by atoms with van der Waals surface area (Å²) >= 11 is 0. The molecule has 1 aliphatic rings. The van der Waals surface area contributed by atoms with Gasteiger partial charge in [0.05, 0.1) is 34.1 Å². The molecule has 0 saturated carbocycles. The number of carbonyl (C=O) groups is 3. The lowest BCUT2D eigenvalue weighted by molar-refractivity contribution is -0.168. The summed E-state index contributed by atoms with van der Waals surface area (Å²) in [7, 11) is -1.70. The Morgan fingerprint density at radius 2 is 1.16 bits per heavy atom. The molecule has 0 spiro atoms. The molecule has 196 valence electrons. The molecule has 38 heavy (non-hydrogen) atoms. The number of benzene rings is 3. The fourth-order valence-electron chi connectivity index (χ4n) is 3.86. The Balaban J connectivity index is 1.68. The lowest BCUT2D eigenvalue weighted by atomic mass is 10.0. The van der Waals surface area contributed by atoms with Gasteiger partial charge in [-0.25, -0.2) is 14.4 Å². The molecule has 1 saturated heterocycles. The molecule has 0 aromatic heterocycles. The van der Waals surface area contributed by atoms with Gasteiger partial charge in [-0.3, -0.25) is 4.21 Å². The van der Waals surface area contributed by atoms with Crippen LogP contribution < -0.4 is 0 Å². The molecule has 8 nitrogen and oxygen atoms in total. The van der Waals surface area contributed by atoms with E-state index >= 15 is 0 Å². The molecular weight excluding hydrogens is 508 g/mol. The van der Waals surface area contributed by atoms with E-state index in [2.05, 4.69) is 6.58 Å². The van der Waals surface area contributed by atoms with Crippen LogP contribution in [0.4, 0.5) is 0 Å². The molecule has 9 heteroatoms. The molecule has 0 bridgehead atoms. The smallest absolute Gasteiger partial charge is 0.338 e. The van der Waals surface area contributed by atoms with Gasteiger partial charge in [0.15, 0.2) is 23.7 Å². The summed E-state index contributed by atoms with van der Waals surface area (Å²) in [4.78, 5) is 39.0. The molecule has 4 rings (SSSR count). The summed E-state index contributed by atoms with van der Waals surface area (Å²) in [5, 5.41) is 0. The fourth-order valence-corrected chi connectivity index (χ4v) is 5.02. The Labute approximate surface area is 222 Å². The minimum Gasteiger partial charge on any atom is -0.452 e. The number of rotatable bonds is 9. The Morgan fingerprint density at radius 1 is 0.737 bits per heavy atom. The van der Waals surface area contributed by atoms with Crippen molar-refractivity contribution in [3.05, 3.63) is 120 Å². The molecule has 5 atom stereocenters. The van der Waals surface area contributed by atoms with Crippen LogP contribution in [-0.4, -0.2) is 58.2 Å². The van der Waals surface area contributed by atoms with E-state index in [9.17, 15) is 18.6 Å². The maximum Gasteiger partial charge on any atom is 0.338 e. The summed E-state index contributed by atoms with van der Waals surface area (Å²) < 4.78 is 36.1. The van der Waals surface area contributed by atoms with Crippen LogP contribution in [0.3, 0.4) is 0 Å². The van der Waals surface area contributed by atoms with Crippen LogP contribution in [0.2, 0.25) is 0 Å². The van der Waals surface area contributed by atoms with E-state index in [1.807, 2.05) is 0 Å². The zero-order valence-corrected chi connectivity index (χ0v) is 21.2. The first-order chi connectivity index (χ1) is 18.5. The largest absolute Gasteiger partial charge is 0.452 e. The normalized spacial score (nSPS) is 21.5. The zero-order chi connectivity index (χ0) is 26.9. The van der Waals surface area contributed by atoms with Crippen LogP contribution in [0.1, 0.15) is 31.1 Å². The van der Waals surface area contributed by atoms with Gasteiger partial charge in [0.25, 0.3) is 0 Å². The van der Waals surface area contributed by atoms with Crippen molar-refractivity contribution in [2.45, 2.75) is 23.7 Å². The van der Waals surface area contributed by atoms with Crippen molar-refractivity contribution in [2.75, 3.05) is 12.4 Å². The fraction of sp³-hybridized carbons (Fsp3) is 0.207. The lowest BCUT2D eigenvalue weighted by Gasteiger charge is -2.40. The summed E-state index contributed by atoms with van der Waals surface area (Å²) in [6.45, 7) is 3.38. The number of hydrogen-bond donors (Lipinski definition) is 0. The van der Waals surface area contributed by atoms with E-state index < -0.39 is 52.5 Å². The first kappa shape index (κ1) is 27.0. The highest BCUT2D eigenvalue weighted by atomic mass is 32.2. The second-order valence-electron chi connectivity index (χ2n) is 8.32. The summed E-state index contributed by atoms with van der Waals surface area (Å²) in [5.41, 5.74) is -0.418. The molecule has 3 aromatic rings. The number of carbonyl (C=O) groups excluding carboxylic acids is 3. The molecule has 3 aromatic carbocycles. The second kappa shape index (κ2) is 12.9. The molecule has 1 heterocycles. The highest BCUT2D eigenvalue weighted by Gasteiger charge is 2.49. The first-order valence-electron chi connectivity index (χ1n) is 11.9. The van der Waals surface area contributed by atoms with E-state index in [1.54, 1.807) is 91.0 Å². The van der Waals surface area contributed by atoms with Gasteiger partial charge in [-0.1, -0.05) is 60.7 Å². The molecule has 0 amide bonds. The van der Waals surface area contributed by atoms with Gasteiger partial charge in [-0.15, -0.1) is 6.58 Å². The van der Waals surface area contributed by atoms with Crippen LogP contribution in [0.15, 0.2) is 104 Å². The van der Waals surface area contributed by atoms with Gasteiger partial charge in [-0.2, -0.15) is 0 Å². The molecule has 0 aliphatic carbocycles. The van der Waals surface area contributed by atoms with Crippen LogP contribution in [0.25, 0.3) is 0 Å². The molecular formula is C29H26O8S. The summed E-state index contributed by atoms with van der Waals surface area (Å²) in [6, 6.07) is 24.7. The summed E-state index contributed by atoms with van der Waals surface area (Å²) in [6.07, 6.45) is -2.36. The Bertz CT molecular complexity index is 1280. The van der Waals surface area contributed by atoms with E-state index in [0.717, 1.165) is 0 Å². The minimum atomic E-state index is -1.70. The standard InChI is InChI=1S/C29H26O8S/c1-2-18-38(33)29-25(37-28(32)22-16-10-5-11-17-22)24(36-27(31)21-14-8-4-9-15-21)23(19-34-29)35-26(30)20-12-6-3-7-13-20/h2-17,23-25,29H,1,18-19H2/t23-,24+,25-,29-,38?/m1/s1. The average molecular weight is 535 g/mol. The predicted octanol–water partition coefficient (Wildman–Crippen LogP) is 3.95. The van der Waals surface area contributed by atoms with Gasteiger partial charge in [0.2, 0.25) is 0 Å². The van der Waals surface area contributed by atoms with Gasteiger partial charge >= 0.3 is 17.9 Å². The SMILES string of the molecule is C=CCS(=O)[C@H]1OC[C@@H](OC(=O)c2ccccc2)[C@H](OC(=O)c2ccccc2)[C@H]1OC(=O)c1ccccc1. The molecule has 0 radical (unpaired) electrons.